The van der Waals surface area contributed by atoms with Crippen LogP contribution < -0.4 is 5.32 Å². The van der Waals surface area contributed by atoms with Crippen molar-refractivity contribution in [2.24, 2.45) is 0 Å². The zero-order chi connectivity index (χ0) is 18.6. The highest BCUT2D eigenvalue weighted by atomic mass is 35.5. The zero-order valence-electron chi connectivity index (χ0n) is 13.0. The number of ether oxygens (including phenoxy) is 1. The fourth-order valence-corrected chi connectivity index (χ4v) is 2.49. The molecule has 132 valence electrons. The van der Waals surface area contributed by atoms with Crippen molar-refractivity contribution in [2.45, 2.75) is 12.5 Å². The standard InChI is InChI=1S/C17H13Cl2F2NO3/c1-25-16(23)8-15(9-2-4-10(18)5-3-9)22-17(24)11-6-13(20)14(21)7-12(11)19/h2-7,15H,8H2,1H3,(H,22,24). The van der Waals surface area contributed by atoms with Crippen LogP contribution in [0.4, 0.5) is 8.78 Å². The Hall–Kier alpha value is -2.18. The maximum atomic E-state index is 13.4. The Morgan fingerprint density at radius 2 is 1.72 bits per heavy atom. The SMILES string of the molecule is COC(=O)CC(NC(=O)c1cc(F)c(F)cc1Cl)c1ccc(Cl)cc1. The van der Waals surface area contributed by atoms with E-state index in [1.54, 1.807) is 24.3 Å². The molecule has 0 aliphatic carbocycles. The van der Waals surface area contributed by atoms with Crippen molar-refractivity contribution in [3.8, 4) is 0 Å². The zero-order valence-corrected chi connectivity index (χ0v) is 14.5. The van der Waals surface area contributed by atoms with Gasteiger partial charge in [0.15, 0.2) is 11.6 Å². The van der Waals surface area contributed by atoms with E-state index in [2.05, 4.69) is 10.1 Å². The number of carbonyl (C=O) groups is 2. The van der Waals surface area contributed by atoms with Crippen molar-refractivity contribution in [1.82, 2.24) is 5.32 Å². The second-order valence-corrected chi connectivity index (χ2v) is 5.95. The number of halogens is 4. The minimum atomic E-state index is -1.20. The lowest BCUT2D eigenvalue weighted by Gasteiger charge is -2.19. The fourth-order valence-electron chi connectivity index (χ4n) is 2.13. The Kier molecular flexibility index (Phi) is 6.33. The topological polar surface area (TPSA) is 55.4 Å². The summed E-state index contributed by atoms with van der Waals surface area (Å²) in [6, 6.07) is 7.09. The maximum Gasteiger partial charge on any atom is 0.307 e. The van der Waals surface area contributed by atoms with E-state index in [9.17, 15) is 18.4 Å². The van der Waals surface area contributed by atoms with E-state index < -0.39 is 29.6 Å². The van der Waals surface area contributed by atoms with E-state index in [0.717, 1.165) is 0 Å². The molecule has 0 saturated heterocycles. The van der Waals surface area contributed by atoms with Crippen LogP contribution in [0.1, 0.15) is 28.4 Å². The van der Waals surface area contributed by atoms with E-state index in [1.165, 1.54) is 7.11 Å². The molecule has 2 aromatic carbocycles. The Bertz CT molecular complexity index is 797. The summed E-state index contributed by atoms with van der Waals surface area (Å²) in [7, 11) is 1.22. The summed E-state index contributed by atoms with van der Waals surface area (Å²) in [4.78, 5) is 24.0. The molecule has 0 heterocycles. The number of carbonyl (C=O) groups excluding carboxylic acids is 2. The molecule has 4 nitrogen and oxygen atoms in total. The lowest BCUT2D eigenvalue weighted by Crippen LogP contribution is -2.30. The van der Waals surface area contributed by atoms with Gasteiger partial charge in [-0.25, -0.2) is 8.78 Å². The van der Waals surface area contributed by atoms with Gasteiger partial charge in [-0.05, 0) is 29.8 Å². The van der Waals surface area contributed by atoms with Crippen molar-refractivity contribution < 1.29 is 23.1 Å². The molecule has 1 unspecified atom stereocenters. The Morgan fingerprint density at radius 3 is 2.32 bits per heavy atom. The molecule has 1 N–H and O–H groups in total. The number of esters is 1. The van der Waals surface area contributed by atoms with E-state index in [1.807, 2.05) is 0 Å². The molecule has 8 heteroatoms. The largest absolute Gasteiger partial charge is 0.469 e. The Morgan fingerprint density at radius 1 is 1.12 bits per heavy atom. The number of rotatable bonds is 5. The van der Waals surface area contributed by atoms with Gasteiger partial charge in [-0.2, -0.15) is 0 Å². The van der Waals surface area contributed by atoms with Gasteiger partial charge in [-0.15, -0.1) is 0 Å². The van der Waals surface area contributed by atoms with Gasteiger partial charge in [0.05, 0.1) is 30.2 Å². The van der Waals surface area contributed by atoms with Gasteiger partial charge in [0.25, 0.3) is 5.91 Å². The number of methoxy groups -OCH3 is 1. The monoisotopic (exact) mass is 387 g/mol. The lowest BCUT2D eigenvalue weighted by atomic mass is 10.0. The minimum Gasteiger partial charge on any atom is -0.469 e. The van der Waals surface area contributed by atoms with E-state index in [-0.39, 0.29) is 17.0 Å². The number of nitrogens with one attached hydrogen (secondary N) is 1. The summed E-state index contributed by atoms with van der Waals surface area (Å²) < 4.78 is 31.1. The molecule has 0 spiro atoms. The Balaban J connectivity index is 2.29. The second-order valence-electron chi connectivity index (χ2n) is 5.10. The molecule has 0 bridgehead atoms. The first-order valence-corrected chi connectivity index (χ1v) is 7.85. The third-order valence-electron chi connectivity index (χ3n) is 3.43. The first kappa shape index (κ1) is 19.1. The first-order valence-electron chi connectivity index (χ1n) is 7.09. The number of hydrogen-bond acceptors (Lipinski definition) is 3. The fraction of sp³-hybridized carbons (Fsp3) is 0.176. The number of hydrogen-bond donors (Lipinski definition) is 1. The third-order valence-corrected chi connectivity index (χ3v) is 4.00. The molecular weight excluding hydrogens is 375 g/mol. The quantitative estimate of drug-likeness (QED) is 0.614. The molecule has 1 atom stereocenters. The van der Waals surface area contributed by atoms with E-state index in [4.69, 9.17) is 23.2 Å². The van der Waals surface area contributed by atoms with Crippen LogP contribution in [-0.4, -0.2) is 19.0 Å². The van der Waals surface area contributed by atoms with Gasteiger partial charge < -0.3 is 10.1 Å². The molecule has 0 saturated carbocycles. The molecule has 0 fully saturated rings. The third kappa shape index (κ3) is 4.90. The van der Waals surface area contributed by atoms with E-state index in [0.29, 0.717) is 22.7 Å². The summed E-state index contributed by atoms with van der Waals surface area (Å²) in [5.74, 6) is -3.68. The molecule has 25 heavy (non-hydrogen) atoms. The smallest absolute Gasteiger partial charge is 0.307 e. The molecule has 0 radical (unpaired) electrons. The van der Waals surface area contributed by atoms with Crippen LogP contribution in [0.5, 0.6) is 0 Å². The van der Waals surface area contributed by atoms with Crippen molar-refractivity contribution in [3.05, 3.63) is 69.2 Å². The highest BCUT2D eigenvalue weighted by Crippen LogP contribution is 2.24. The van der Waals surface area contributed by atoms with Crippen LogP contribution in [0.3, 0.4) is 0 Å². The van der Waals surface area contributed by atoms with Crippen molar-refractivity contribution in [2.75, 3.05) is 7.11 Å². The maximum absolute atomic E-state index is 13.4. The summed E-state index contributed by atoms with van der Waals surface area (Å²) in [5, 5.41) is 2.80. The van der Waals surface area contributed by atoms with E-state index >= 15 is 0 Å². The van der Waals surface area contributed by atoms with Crippen molar-refractivity contribution >= 4 is 35.1 Å². The molecule has 2 rings (SSSR count). The van der Waals surface area contributed by atoms with Crippen molar-refractivity contribution in [3.63, 3.8) is 0 Å². The number of benzene rings is 2. The second kappa shape index (κ2) is 8.27. The highest BCUT2D eigenvalue weighted by molar-refractivity contribution is 6.33. The van der Waals surface area contributed by atoms with Crippen molar-refractivity contribution in [1.29, 1.82) is 0 Å². The average Bonchev–Trinajstić information content (AvgIpc) is 2.58. The molecule has 0 aromatic heterocycles. The highest BCUT2D eigenvalue weighted by Gasteiger charge is 2.22. The summed E-state index contributed by atoms with van der Waals surface area (Å²) in [5.41, 5.74) is 0.339. The predicted molar refractivity (Wildman–Crippen MR) is 89.7 cm³/mol. The lowest BCUT2D eigenvalue weighted by molar-refractivity contribution is -0.141. The molecule has 0 aliphatic rings. The predicted octanol–water partition coefficient (Wildman–Crippen LogP) is 4.31. The van der Waals surface area contributed by atoms with Gasteiger partial charge in [0.1, 0.15) is 0 Å². The van der Waals surface area contributed by atoms with Crippen LogP contribution in [0.25, 0.3) is 0 Å². The normalized spacial score (nSPS) is 11.7. The first-order chi connectivity index (χ1) is 11.8. The minimum absolute atomic E-state index is 0.162. The number of amides is 1. The van der Waals surface area contributed by atoms with Crippen LogP contribution >= 0.6 is 23.2 Å². The molecule has 0 aliphatic heterocycles. The van der Waals surface area contributed by atoms with Gasteiger partial charge in [0, 0.05) is 5.02 Å². The molecule has 1 amide bonds. The van der Waals surface area contributed by atoms with Gasteiger partial charge in [-0.3, -0.25) is 9.59 Å². The molecule has 2 aromatic rings. The Labute approximate surface area is 152 Å². The van der Waals surface area contributed by atoms with Crippen LogP contribution in [0, 0.1) is 11.6 Å². The van der Waals surface area contributed by atoms with Crippen LogP contribution in [0.2, 0.25) is 10.0 Å². The van der Waals surface area contributed by atoms with Gasteiger partial charge in [0.2, 0.25) is 0 Å². The van der Waals surface area contributed by atoms with Crippen LogP contribution in [0.15, 0.2) is 36.4 Å². The average molecular weight is 388 g/mol. The summed E-state index contributed by atoms with van der Waals surface area (Å²) in [6.07, 6.45) is -0.162. The van der Waals surface area contributed by atoms with Crippen LogP contribution in [-0.2, 0) is 9.53 Å². The summed E-state index contributed by atoms with van der Waals surface area (Å²) in [6.45, 7) is 0. The summed E-state index contributed by atoms with van der Waals surface area (Å²) >= 11 is 11.6. The van der Waals surface area contributed by atoms with Gasteiger partial charge >= 0.3 is 5.97 Å². The van der Waals surface area contributed by atoms with Gasteiger partial charge in [-0.1, -0.05) is 35.3 Å². The molecular formula is C17H13Cl2F2NO3.